The minimum Gasteiger partial charge on any atom is -0.457 e. The molecule has 0 spiro atoms. The average Bonchev–Trinajstić information content (AvgIpc) is 0.812. The lowest BCUT2D eigenvalue weighted by Crippen LogP contribution is -2.08. The van der Waals surface area contributed by atoms with Gasteiger partial charge in [0.25, 0.3) is 0 Å². The van der Waals surface area contributed by atoms with Gasteiger partial charge in [0.05, 0.1) is 9.79 Å². The van der Waals surface area contributed by atoms with Gasteiger partial charge in [-0.05, 0) is 172 Å². The van der Waals surface area contributed by atoms with Gasteiger partial charge >= 0.3 is 0 Å². The van der Waals surface area contributed by atoms with Crippen molar-refractivity contribution < 1.29 is 17.9 Å². The molecule has 0 unspecified atom stereocenters. The number of hydrogen-bond acceptors (Lipinski definition) is 5. The number of aryl methyl sites for hydroxylation is 6. The first kappa shape index (κ1) is 146. The van der Waals surface area contributed by atoms with Crippen LogP contribution < -0.4 is 9.64 Å². The Balaban J connectivity index is -0.000000235. The van der Waals surface area contributed by atoms with E-state index < -0.39 is 9.84 Å². The maximum atomic E-state index is 12.0. The van der Waals surface area contributed by atoms with Crippen LogP contribution in [0.2, 0.25) is 0 Å². The van der Waals surface area contributed by atoms with Crippen LogP contribution in [0.3, 0.4) is 0 Å². The van der Waals surface area contributed by atoms with E-state index in [0.29, 0.717) is 9.79 Å². The molecule has 5 nitrogen and oxygen atoms in total. The highest BCUT2D eigenvalue weighted by atomic mass is 32.2. The molecule has 0 saturated carbocycles. The van der Waals surface area contributed by atoms with E-state index in [9.17, 15) is 13.2 Å². The van der Waals surface area contributed by atoms with Crippen LogP contribution in [0.25, 0.3) is 22.3 Å². The summed E-state index contributed by atoms with van der Waals surface area (Å²) in [5.74, 6) is 1.81. The van der Waals surface area contributed by atoms with E-state index in [0.717, 1.165) is 35.5 Å². The highest BCUT2D eigenvalue weighted by Gasteiger charge is 2.16. The number of rotatable bonds is 14. The van der Waals surface area contributed by atoms with Crippen molar-refractivity contribution in [2.45, 2.75) is 286 Å². The number of anilines is 2. The molecule has 144 heavy (non-hydrogen) atoms. The number of carbonyl (C=O) groups is 1. The molecule has 0 bridgehead atoms. The van der Waals surface area contributed by atoms with E-state index in [1.165, 1.54) is 89.3 Å². The van der Waals surface area contributed by atoms with Crippen molar-refractivity contribution in [3.8, 4) is 33.8 Å². The molecule has 0 radical (unpaired) electrons. The summed E-state index contributed by atoms with van der Waals surface area (Å²) >= 11 is 0. The van der Waals surface area contributed by atoms with Gasteiger partial charge in [0.2, 0.25) is 9.84 Å². The minimum atomic E-state index is -3.34. The predicted octanol–water partition coefficient (Wildman–Crippen LogP) is 43.9. The Hall–Kier alpha value is -13.3. The lowest BCUT2D eigenvalue weighted by atomic mass is 9.98. The van der Waals surface area contributed by atoms with Crippen LogP contribution in [0.4, 0.5) is 11.4 Å². The Labute approximate surface area is 885 Å². The molecule has 16 aromatic rings. The third-order valence-electron chi connectivity index (χ3n) is 17.5. The van der Waals surface area contributed by atoms with E-state index in [4.69, 9.17) is 4.74 Å². The van der Waals surface area contributed by atoms with Crippen molar-refractivity contribution in [2.24, 2.45) is 0 Å². The summed E-state index contributed by atoms with van der Waals surface area (Å²) < 4.78 is 29.6. The van der Waals surface area contributed by atoms with Gasteiger partial charge in [-0.1, -0.05) is 631 Å². The molecule has 0 amide bonds. The number of sulfone groups is 1. The molecule has 0 saturated heterocycles. The van der Waals surface area contributed by atoms with Gasteiger partial charge in [0.15, 0.2) is 5.78 Å². The highest BCUT2D eigenvalue weighted by Crippen LogP contribution is 2.27. The van der Waals surface area contributed by atoms with Crippen molar-refractivity contribution in [2.75, 3.05) is 11.9 Å². The van der Waals surface area contributed by atoms with Crippen LogP contribution in [0.5, 0.6) is 11.5 Å². The monoisotopic (exact) mass is 1960 g/mol. The number of benzene rings is 16. The number of ketones is 1. The van der Waals surface area contributed by atoms with E-state index in [1.807, 2.05) is 355 Å². The predicted molar refractivity (Wildman–Crippen MR) is 654 cm³/mol. The second kappa shape index (κ2) is 107. The number of nitrogens with zero attached hydrogens (tertiary/aromatic N) is 1. The molecule has 782 valence electrons. The lowest BCUT2D eigenvalue weighted by Gasteiger charge is -2.18. The fourth-order valence-electron chi connectivity index (χ4n) is 12.0. The smallest absolute Gasteiger partial charge is 0.206 e. The first-order valence-electron chi connectivity index (χ1n) is 53.7. The molecular weight excluding hydrogens is 1770 g/mol. The third kappa shape index (κ3) is 68.8. The molecule has 0 aliphatic carbocycles. The summed E-state index contributed by atoms with van der Waals surface area (Å²) in [6.07, 6.45) is 2.06. The van der Waals surface area contributed by atoms with Crippen LogP contribution in [0.15, 0.2) is 459 Å². The fourth-order valence-corrected chi connectivity index (χ4v) is 13.3. The lowest BCUT2D eigenvalue weighted by molar-refractivity contribution is 0.103. The largest absolute Gasteiger partial charge is 0.457 e. The summed E-state index contributed by atoms with van der Waals surface area (Å²) in [6.45, 7) is 76.9. The highest BCUT2D eigenvalue weighted by molar-refractivity contribution is 7.91. The van der Waals surface area contributed by atoms with Gasteiger partial charge in [-0.15, -0.1) is 0 Å². The summed E-state index contributed by atoms with van der Waals surface area (Å²) in [5.41, 5.74) is 22.5. The zero-order chi connectivity index (χ0) is 111. The van der Waals surface area contributed by atoms with E-state index in [2.05, 4.69) is 308 Å². The van der Waals surface area contributed by atoms with Crippen LogP contribution in [0.1, 0.15) is 293 Å². The van der Waals surface area contributed by atoms with Gasteiger partial charge < -0.3 is 9.64 Å². The number of ether oxygens (including phenoxy) is 1. The minimum absolute atomic E-state index is 0.0752. The summed E-state index contributed by atoms with van der Waals surface area (Å²) in [4.78, 5) is 14.7. The molecular formula is C138H195NO4S. The SMILES string of the molecule is CC.CC.CC.CC.CC.CC.CC.CC.CC.CC.CC.CC.CC.CC.CC.CC.CN(c1ccccc1)c1ccccc1.Cc1cc(C)cc(-c2cc(C)cc(C)c2)c1.Cc1cccc(-c2cccc(C)c2)c1.O=C(c1ccccc1)c1ccccc1.O=S(=O)(c1ccccc1)c1ccccc1.c1ccc(Cc2ccccc2)cc1.c1ccc(Cc2ccccc2)cc1.c1ccc(Oc2ccccc2)cc1. The third-order valence-corrected chi connectivity index (χ3v) is 19.3. The zero-order valence-corrected chi connectivity index (χ0v) is 97.9. The van der Waals surface area contributed by atoms with Crippen molar-refractivity contribution in [1.29, 1.82) is 0 Å². The molecule has 16 aromatic carbocycles. The fraction of sp³-hybridized carbons (Fsp3) is 0.297. The molecule has 16 rings (SSSR count). The standard InChI is InChI=1S/C16H18.C14H14.C13H13N.C13H10O.2C13H12.C12H10O2S.C12H10O.16C2H6/c1-11-5-12(2)8-15(7-11)16-9-13(3)6-14(4)10-16;1-11-5-3-7-13(9-11)14-8-4-6-12(2)10-14;1-14(12-8-4-2-5-9-12)13-10-6-3-7-11-13;14-13(11-7-3-1-4-8-11)12-9-5-2-6-10-12;2*1-3-7-12(8-4-1)11-13-9-5-2-6-10-13;13-15(14,11-7-3-1-4-8-11)12-9-5-2-6-10-12;1-3-7-11(8-4-1)13-12-9-5-2-6-10-12;16*1-2/h5-10H,1-4H3;3-10H,1-2H3;2-11H,1H3;1-10H;2*1-10H,11H2;1-10H;1-10H;16*1-2H3. The summed E-state index contributed by atoms with van der Waals surface area (Å²) in [7, 11) is -1.26. The second-order valence-electron chi connectivity index (χ2n) is 26.9. The summed E-state index contributed by atoms with van der Waals surface area (Å²) in [5, 5.41) is 0. The van der Waals surface area contributed by atoms with Gasteiger partial charge in [-0.2, -0.15) is 0 Å². The van der Waals surface area contributed by atoms with E-state index in [-0.39, 0.29) is 5.78 Å². The van der Waals surface area contributed by atoms with Crippen LogP contribution >= 0.6 is 0 Å². The van der Waals surface area contributed by atoms with Crippen LogP contribution in [-0.4, -0.2) is 21.2 Å². The van der Waals surface area contributed by atoms with Gasteiger partial charge in [-0.3, -0.25) is 4.79 Å². The van der Waals surface area contributed by atoms with Crippen LogP contribution in [0, 0.1) is 41.5 Å². The Morgan fingerprint density at radius 1 is 0.201 bits per heavy atom. The first-order valence-corrected chi connectivity index (χ1v) is 55.2. The van der Waals surface area contributed by atoms with E-state index >= 15 is 0 Å². The number of para-hydroxylation sites is 4. The van der Waals surface area contributed by atoms with Gasteiger partial charge in [-0.25, -0.2) is 8.42 Å². The van der Waals surface area contributed by atoms with E-state index in [1.54, 1.807) is 60.7 Å². The quantitative estimate of drug-likeness (QED) is 0.102. The molecule has 0 atom stereocenters. The maximum absolute atomic E-state index is 12.0. The molecule has 0 heterocycles. The Morgan fingerprint density at radius 3 is 0.590 bits per heavy atom. The second-order valence-corrected chi connectivity index (χ2v) is 28.9. The van der Waals surface area contributed by atoms with Crippen LogP contribution in [-0.2, 0) is 22.7 Å². The molecule has 6 heteroatoms. The van der Waals surface area contributed by atoms with Crippen molar-refractivity contribution in [1.82, 2.24) is 0 Å². The van der Waals surface area contributed by atoms with Gasteiger partial charge in [0, 0.05) is 29.5 Å². The van der Waals surface area contributed by atoms with Gasteiger partial charge in [0.1, 0.15) is 11.5 Å². The van der Waals surface area contributed by atoms with Crippen molar-refractivity contribution in [3.63, 3.8) is 0 Å². The topological polar surface area (TPSA) is 63.7 Å². The average molecular weight is 1960 g/mol. The normalized spacial score (nSPS) is 8.52. The molecule has 0 aliphatic rings. The Morgan fingerprint density at radius 2 is 0.382 bits per heavy atom. The van der Waals surface area contributed by atoms with Crippen molar-refractivity contribution >= 4 is 27.0 Å². The number of carbonyl (C=O) groups excluding carboxylic acids is 1. The van der Waals surface area contributed by atoms with Crippen molar-refractivity contribution in [3.05, 3.63) is 516 Å². The summed E-state index contributed by atoms with van der Waals surface area (Å²) in [6, 6.07) is 148. The molecule has 0 fully saturated rings. The molecule has 0 aromatic heterocycles. The molecule has 0 N–H and O–H groups in total. The Bertz CT molecular complexity index is 4860. The first-order chi connectivity index (χ1) is 70.6. The zero-order valence-electron chi connectivity index (χ0n) is 97.1. The molecule has 0 aliphatic heterocycles. The Kier molecular flexibility index (Phi) is 109. The maximum Gasteiger partial charge on any atom is 0.206 e. The number of hydrogen-bond donors (Lipinski definition) is 0.